The first kappa shape index (κ1) is 47.3. The van der Waals surface area contributed by atoms with Gasteiger partial charge in [-0.3, -0.25) is 4.90 Å². The summed E-state index contributed by atoms with van der Waals surface area (Å²) in [5.74, 6) is 4.64. The number of hydrogen-bond donors (Lipinski definition) is 0. The van der Waals surface area contributed by atoms with Crippen molar-refractivity contribution in [2.24, 2.45) is 0 Å². The molecule has 13 aromatic rings. The lowest BCUT2D eigenvalue weighted by atomic mass is 9.93. The molecule has 0 unspecified atom stereocenters. The number of benzene rings is 10. The molecule has 0 atom stereocenters. The van der Waals surface area contributed by atoms with E-state index in [-0.39, 0.29) is 0 Å². The standard InChI is InChI=1S/C69H45N11/c1-8-26-46(27-9-1)53-45-60(79-56-40-22-24-42-58(56)80(59-43-25-23-41-57(59)79)69-77-65(51-36-18-6-19-37-51)72-66(78-69)52-38-20-7-21-39-52)55(68-75-63(49-32-14-4-15-33-49)71-64(76-68)50-34-16-5-17-35-50)44-54(53)67-73-61(47-28-10-2-11-29-47)70-62(74-67)48-30-12-3-13-31-48/h1-45H. The Bertz CT molecular complexity index is 4120. The Hall–Kier alpha value is -11.2. The normalized spacial score (nSPS) is 11.7. The molecule has 0 bridgehead atoms. The van der Waals surface area contributed by atoms with Gasteiger partial charge in [-0.1, -0.05) is 237 Å². The molecule has 0 aliphatic carbocycles. The molecule has 0 radical (unpaired) electrons. The first-order chi connectivity index (χ1) is 39.7. The molecule has 3 aromatic heterocycles. The molecule has 80 heavy (non-hydrogen) atoms. The van der Waals surface area contributed by atoms with Crippen LogP contribution in [0.4, 0.5) is 34.4 Å². The molecule has 14 rings (SSSR count). The Balaban J connectivity index is 1.07. The van der Waals surface area contributed by atoms with Gasteiger partial charge in [-0.2, -0.15) is 9.97 Å². The molecule has 11 nitrogen and oxygen atoms in total. The molecule has 0 spiro atoms. The summed E-state index contributed by atoms with van der Waals surface area (Å²) in [6.07, 6.45) is 0. The Kier molecular flexibility index (Phi) is 12.3. The van der Waals surface area contributed by atoms with Crippen molar-refractivity contribution < 1.29 is 0 Å². The topological polar surface area (TPSA) is 122 Å². The second-order valence-corrected chi connectivity index (χ2v) is 19.0. The van der Waals surface area contributed by atoms with Gasteiger partial charge in [-0.15, -0.1) is 0 Å². The molecule has 11 heteroatoms. The zero-order valence-corrected chi connectivity index (χ0v) is 42.9. The molecule has 1 aliphatic rings. The van der Waals surface area contributed by atoms with E-state index in [2.05, 4.69) is 94.7 Å². The summed E-state index contributed by atoms with van der Waals surface area (Å²) in [5.41, 5.74) is 12.7. The smallest absolute Gasteiger partial charge is 0.238 e. The largest absolute Gasteiger partial charge is 0.306 e. The van der Waals surface area contributed by atoms with Crippen molar-refractivity contribution in [1.29, 1.82) is 0 Å². The van der Waals surface area contributed by atoms with Crippen molar-refractivity contribution in [2.75, 3.05) is 9.80 Å². The first-order valence-electron chi connectivity index (χ1n) is 26.3. The van der Waals surface area contributed by atoms with E-state index in [0.29, 0.717) is 58.1 Å². The maximum absolute atomic E-state index is 5.43. The van der Waals surface area contributed by atoms with E-state index in [1.54, 1.807) is 0 Å². The quantitative estimate of drug-likeness (QED) is 0.123. The summed E-state index contributed by atoms with van der Waals surface area (Å²) in [4.78, 5) is 51.9. The Labute approximate surface area is 462 Å². The van der Waals surface area contributed by atoms with Gasteiger partial charge in [0.25, 0.3) is 0 Å². The van der Waals surface area contributed by atoms with Crippen LogP contribution in [0.1, 0.15) is 0 Å². The van der Waals surface area contributed by atoms with E-state index in [4.69, 9.17) is 44.9 Å². The second-order valence-electron chi connectivity index (χ2n) is 19.0. The van der Waals surface area contributed by atoms with Crippen LogP contribution in [0.2, 0.25) is 0 Å². The number of rotatable bonds is 11. The van der Waals surface area contributed by atoms with Crippen LogP contribution in [0.3, 0.4) is 0 Å². The van der Waals surface area contributed by atoms with Gasteiger partial charge in [-0.25, -0.2) is 34.9 Å². The van der Waals surface area contributed by atoms with E-state index in [1.165, 1.54) is 0 Å². The van der Waals surface area contributed by atoms with Gasteiger partial charge in [0.05, 0.1) is 28.4 Å². The lowest BCUT2D eigenvalue weighted by molar-refractivity contribution is 1.01. The molecular weight excluding hydrogens is 983 g/mol. The highest BCUT2D eigenvalue weighted by Gasteiger charge is 2.35. The summed E-state index contributed by atoms with van der Waals surface area (Å²) < 4.78 is 0. The fourth-order valence-electron chi connectivity index (χ4n) is 10.2. The highest BCUT2D eigenvalue weighted by Crippen LogP contribution is 2.56. The number of hydrogen-bond acceptors (Lipinski definition) is 11. The van der Waals surface area contributed by atoms with Crippen LogP contribution in [0.5, 0.6) is 0 Å². The molecule has 10 aromatic carbocycles. The molecule has 376 valence electrons. The maximum atomic E-state index is 5.43. The second kappa shape index (κ2) is 20.7. The molecule has 0 N–H and O–H groups in total. The zero-order chi connectivity index (χ0) is 53.2. The van der Waals surface area contributed by atoms with Gasteiger partial charge < -0.3 is 4.90 Å². The Morgan fingerprint density at radius 3 is 0.750 bits per heavy atom. The maximum Gasteiger partial charge on any atom is 0.238 e. The minimum absolute atomic E-state index is 0.448. The molecule has 1 aliphatic heterocycles. The van der Waals surface area contributed by atoms with Crippen molar-refractivity contribution in [1.82, 2.24) is 44.9 Å². The number of para-hydroxylation sites is 4. The van der Waals surface area contributed by atoms with Crippen molar-refractivity contribution in [3.8, 4) is 102 Å². The van der Waals surface area contributed by atoms with Crippen LogP contribution >= 0.6 is 0 Å². The fourth-order valence-corrected chi connectivity index (χ4v) is 10.2. The van der Waals surface area contributed by atoms with E-state index < -0.39 is 0 Å². The number of aromatic nitrogens is 9. The third-order valence-corrected chi connectivity index (χ3v) is 14.0. The van der Waals surface area contributed by atoms with Crippen LogP contribution < -0.4 is 9.80 Å². The van der Waals surface area contributed by atoms with Crippen LogP contribution in [0.25, 0.3) is 102 Å². The summed E-state index contributed by atoms with van der Waals surface area (Å²) in [7, 11) is 0. The van der Waals surface area contributed by atoms with E-state index in [1.807, 2.05) is 188 Å². The number of fused-ring (bicyclic) bond motifs is 2. The van der Waals surface area contributed by atoms with Crippen molar-refractivity contribution in [3.05, 3.63) is 273 Å². The van der Waals surface area contributed by atoms with Gasteiger partial charge in [0.1, 0.15) is 0 Å². The first-order valence-corrected chi connectivity index (χ1v) is 26.3. The SMILES string of the molecule is c1ccc(-c2nc(-c3ccccc3)nc(-c3cc(-c4nc(-c5ccccc5)nc(-c5ccccc5)n4)c(N4c5ccccc5N(c5nc(-c6ccccc6)nc(-c6ccccc6)n5)c5ccccc54)cc3-c3ccccc3)n2)cc1. The minimum atomic E-state index is 0.448. The zero-order valence-electron chi connectivity index (χ0n) is 42.9. The third-order valence-electron chi connectivity index (χ3n) is 14.0. The van der Waals surface area contributed by atoms with Crippen LogP contribution in [0, 0.1) is 0 Å². The van der Waals surface area contributed by atoms with E-state index in [9.17, 15) is 0 Å². The van der Waals surface area contributed by atoms with Gasteiger partial charge in [0.2, 0.25) is 5.95 Å². The molecular formula is C69H45N11. The van der Waals surface area contributed by atoms with Gasteiger partial charge >= 0.3 is 0 Å². The summed E-state index contributed by atoms with van der Waals surface area (Å²) in [6, 6.07) is 91.8. The van der Waals surface area contributed by atoms with Crippen LogP contribution in [0.15, 0.2) is 273 Å². The number of anilines is 6. The third kappa shape index (κ3) is 9.06. The molecule has 0 fully saturated rings. The molecule has 0 amide bonds. The summed E-state index contributed by atoms with van der Waals surface area (Å²) in [6.45, 7) is 0. The summed E-state index contributed by atoms with van der Waals surface area (Å²) in [5, 5.41) is 0. The Morgan fingerprint density at radius 2 is 0.425 bits per heavy atom. The van der Waals surface area contributed by atoms with Crippen LogP contribution in [-0.4, -0.2) is 44.9 Å². The van der Waals surface area contributed by atoms with Crippen LogP contribution in [-0.2, 0) is 0 Å². The molecule has 4 heterocycles. The van der Waals surface area contributed by atoms with Gasteiger partial charge in [0.15, 0.2) is 46.6 Å². The Morgan fingerprint density at radius 1 is 0.175 bits per heavy atom. The number of nitrogens with zero attached hydrogens (tertiary/aromatic N) is 11. The van der Waals surface area contributed by atoms with E-state index in [0.717, 1.165) is 78.5 Å². The highest BCUT2D eigenvalue weighted by molar-refractivity contribution is 6.05. The average molecular weight is 1030 g/mol. The monoisotopic (exact) mass is 1030 g/mol. The van der Waals surface area contributed by atoms with Gasteiger partial charge in [0, 0.05) is 44.5 Å². The molecule has 0 saturated heterocycles. The highest BCUT2D eigenvalue weighted by atomic mass is 15.3. The average Bonchev–Trinajstić information content (AvgIpc) is 3.68. The van der Waals surface area contributed by atoms with Gasteiger partial charge in [-0.05, 0) is 47.5 Å². The van der Waals surface area contributed by atoms with Crippen molar-refractivity contribution in [2.45, 2.75) is 0 Å². The van der Waals surface area contributed by atoms with Crippen molar-refractivity contribution >= 4 is 34.4 Å². The summed E-state index contributed by atoms with van der Waals surface area (Å²) >= 11 is 0. The lowest BCUT2D eigenvalue weighted by Gasteiger charge is -2.40. The fraction of sp³-hybridized carbons (Fsp3) is 0. The van der Waals surface area contributed by atoms with Crippen molar-refractivity contribution in [3.63, 3.8) is 0 Å². The van der Waals surface area contributed by atoms with E-state index >= 15 is 0 Å². The lowest BCUT2D eigenvalue weighted by Crippen LogP contribution is -2.26. The predicted molar refractivity (Wildman–Crippen MR) is 318 cm³/mol. The molecule has 0 saturated carbocycles. The minimum Gasteiger partial charge on any atom is -0.306 e. The predicted octanol–water partition coefficient (Wildman–Crippen LogP) is 16.5.